The van der Waals surface area contributed by atoms with Gasteiger partial charge in [0.05, 0.1) is 15.7 Å². The number of halogens is 2. The van der Waals surface area contributed by atoms with Crippen molar-refractivity contribution in [1.29, 1.82) is 0 Å². The highest BCUT2D eigenvalue weighted by Gasteiger charge is 2.20. The highest BCUT2D eigenvalue weighted by molar-refractivity contribution is 7.89. The summed E-state index contributed by atoms with van der Waals surface area (Å²) < 4.78 is 31.1. The Morgan fingerprint density at radius 1 is 1.35 bits per heavy atom. The van der Waals surface area contributed by atoms with Gasteiger partial charge >= 0.3 is 0 Å². The highest BCUT2D eigenvalue weighted by Crippen LogP contribution is 2.32. The van der Waals surface area contributed by atoms with Gasteiger partial charge in [-0.25, -0.2) is 13.1 Å². The van der Waals surface area contributed by atoms with Crippen LogP contribution in [0.3, 0.4) is 0 Å². The smallest absolute Gasteiger partial charge is 0.242 e. The minimum atomic E-state index is -3.79. The number of anilines is 1. The average molecular weight is 337 g/mol. The molecule has 1 aromatic heterocycles. The van der Waals surface area contributed by atoms with Crippen molar-refractivity contribution in [2.45, 2.75) is 11.3 Å². The van der Waals surface area contributed by atoms with Gasteiger partial charge in [-0.15, -0.1) is 0 Å². The van der Waals surface area contributed by atoms with E-state index in [2.05, 4.69) is 19.4 Å². The Hall–Kier alpha value is -1.35. The molecule has 1 heterocycles. The maximum absolute atomic E-state index is 12.1. The summed E-state index contributed by atoms with van der Waals surface area (Å²) in [6, 6.07) is 2.66. The van der Waals surface area contributed by atoms with Gasteiger partial charge in [0.25, 0.3) is 0 Å². The van der Waals surface area contributed by atoms with Crippen LogP contribution in [0.2, 0.25) is 10.0 Å². The number of nitrogen functional groups attached to an aromatic ring is 1. The van der Waals surface area contributed by atoms with Gasteiger partial charge in [0, 0.05) is 13.0 Å². The molecule has 0 saturated heterocycles. The molecule has 0 radical (unpaired) electrons. The molecule has 0 bridgehead atoms. The summed E-state index contributed by atoms with van der Waals surface area (Å²) in [6.07, 6.45) is 1.46. The molecule has 3 N–H and O–H groups in total. The van der Waals surface area contributed by atoms with Crippen LogP contribution in [-0.4, -0.2) is 25.1 Å². The summed E-state index contributed by atoms with van der Waals surface area (Å²) in [7, 11) is -3.79. The highest BCUT2D eigenvalue weighted by atomic mass is 35.5. The van der Waals surface area contributed by atoms with E-state index in [4.69, 9.17) is 28.9 Å². The lowest BCUT2D eigenvalue weighted by molar-refractivity contribution is 0.410. The molecule has 2 rings (SSSR count). The van der Waals surface area contributed by atoms with Crippen molar-refractivity contribution in [3.63, 3.8) is 0 Å². The number of benzene rings is 1. The van der Waals surface area contributed by atoms with Crippen LogP contribution < -0.4 is 10.5 Å². The maximum Gasteiger partial charge on any atom is 0.242 e. The third-order valence-electron chi connectivity index (χ3n) is 2.43. The third kappa shape index (κ3) is 3.21. The van der Waals surface area contributed by atoms with E-state index in [0.29, 0.717) is 5.82 Å². The zero-order valence-electron chi connectivity index (χ0n) is 10.0. The predicted molar refractivity (Wildman–Crippen MR) is 74.1 cm³/mol. The molecule has 0 amide bonds. The summed E-state index contributed by atoms with van der Waals surface area (Å²) in [5.74, 6) is 0.398. The lowest BCUT2D eigenvalue weighted by Crippen LogP contribution is -2.26. The van der Waals surface area contributed by atoms with E-state index in [1.165, 1.54) is 18.5 Å². The van der Waals surface area contributed by atoms with Crippen molar-refractivity contribution in [2.24, 2.45) is 0 Å². The Morgan fingerprint density at radius 2 is 2.10 bits per heavy atom. The summed E-state index contributed by atoms with van der Waals surface area (Å²) in [4.78, 5) is 3.65. The van der Waals surface area contributed by atoms with Gasteiger partial charge in [-0.2, -0.15) is 4.98 Å². The number of hydrogen-bond donors (Lipinski definition) is 2. The van der Waals surface area contributed by atoms with Crippen molar-refractivity contribution in [2.75, 3.05) is 12.3 Å². The van der Waals surface area contributed by atoms with Crippen LogP contribution in [0.25, 0.3) is 0 Å². The van der Waals surface area contributed by atoms with E-state index in [9.17, 15) is 8.42 Å². The molecule has 0 saturated carbocycles. The molecule has 0 aliphatic heterocycles. The van der Waals surface area contributed by atoms with Crippen molar-refractivity contribution in [3.8, 4) is 0 Å². The van der Waals surface area contributed by atoms with Gasteiger partial charge in [-0.1, -0.05) is 28.4 Å². The first-order valence-corrected chi connectivity index (χ1v) is 7.64. The lowest BCUT2D eigenvalue weighted by Gasteiger charge is -2.10. The van der Waals surface area contributed by atoms with E-state index >= 15 is 0 Å². The molecule has 1 aromatic carbocycles. The van der Waals surface area contributed by atoms with Crippen LogP contribution in [0.15, 0.2) is 27.9 Å². The Bertz CT molecular complexity index is 704. The van der Waals surface area contributed by atoms with Gasteiger partial charge < -0.3 is 10.3 Å². The average Bonchev–Trinajstić information content (AvgIpc) is 2.88. The standard InChI is InChI=1S/C10H10Cl2N4O3S/c11-6-1-2-7(9(12)10(6)13)20(17,18)15-4-3-8-14-5-19-16-8/h1-2,5,15H,3-4,13H2. The van der Waals surface area contributed by atoms with Gasteiger partial charge in [0.2, 0.25) is 16.4 Å². The SMILES string of the molecule is Nc1c(Cl)ccc(S(=O)(=O)NCCc2ncon2)c1Cl. The van der Waals surface area contributed by atoms with Crippen LogP contribution in [-0.2, 0) is 16.4 Å². The normalized spacial score (nSPS) is 11.7. The van der Waals surface area contributed by atoms with Crippen molar-refractivity contribution in [1.82, 2.24) is 14.9 Å². The molecule has 0 fully saturated rings. The molecule has 0 aliphatic rings. The van der Waals surface area contributed by atoms with E-state index in [1.807, 2.05) is 0 Å². The first kappa shape index (κ1) is 15.0. The van der Waals surface area contributed by atoms with Crippen LogP contribution >= 0.6 is 23.2 Å². The van der Waals surface area contributed by atoms with Gasteiger partial charge in [-0.3, -0.25) is 0 Å². The molecule has 7 nitrogen and oxygen atoms in total. The Labute approximate surface area is 125 Å². The van der Waals surface area contributed by atoms with Crippen LogP contribution in [0, 0.1) is 0 Å². The minimum absolute atomic E-state index is 0.0226. The van der Waals surface area contributed by atoms with Crippen molar-refractivity contribution in [3.05, 3.63) is 34.4 Å². The molecule has 0 aliphatic carbocycles. The van der Waals surface area contributed by atoms with Gasteiger partial charge in [0.15, 0.2) is 5.82 Å². The van der Waals surface area contributed by atoms with Crippen LogP contribution in [0.4, 0.5) is 5.69 Å². The summed E-state index contributed by atoms with van der Waals surface area (Å²) >= 11 is 11.6. The molecule has 0 spiro atoms. The number of nitrogens with two attached hydrogens (primary N) is 1. The molecule has 0 unspecified atom stereocenters. The van der Waals surface area contributed by atoms with E-state index in [-0.39, 0.29) is 33.6 Å². The van der Waals surface area contributed by atoms with Crippen LogP contribution in [0.5, 0.6) is 0 Å². The largest absolute Gasteiger partial charge is 0.396 e. The fourth-order valence-corrected chi connectivity index (χ4v) is 3.23. The second-order valence-electron chi connectivity index (χ2n) is 3.77. The first-order chi connectivity index (χ1) is 9.42. The Morgan fingerprint density at radius 3 is 2.75 bits per heavy atom. The molecular weight excluding hydrogens is 327 g/mol. The fourth-order valence-electron chi connectivity index (χ4n) is 1.43. The lowest BCUT2D eigenvalue weighted by atomic mass is 10.3. The number of rotatable bonds is 5. The minimum Gasteiger partial charge on any atom is -0.396 e. The summed E-state index contributed by atoms with van der Waals surface area (Å²) in [5.41, 5.74) is 5.62. The topological polar surface area (TPSA) is 111 Å². The van der Waals surface area contributed by atoms with Gasteiger partial charge in [0.1, 0.15) is 4.90 Å². The molecule has 0 atom stereocenters. The zero-order valence-corrected chi connectivity index (χ0v) is 12.3. The molecule has 2 aromatic rings. The number of nitrogens with one attached hydrogen (secondary N) is 1. The number of nitrogens with zero attached hydrogens (tertiary/aromatic N) is 2. The van der Waals surface area contributed by atoms with E-state index < -0.39 is 10.0 Å². The second-order valence-corrected chi connectivity index (χ2v) is 6.29. The quantitative estimate of drug-likeness (QED) is 0.800. The third-order valence-corrected chi connectivity index (χ3v) is 4.78. The maximum atomic E-state index is 12.1. The Kier molecular flexibility index (Phi) is 4.48. The summed E-state index contributed by atoms with van der Waals surface area (Å²) in [5, 5.41) is 3.66. The monoisotopic (exact) mass is 336 g/mol. The number of hydrogen-bond acceptors (Lipinski definition) is 6. The fraction of sp³-hybridized carbons (Fsp3) is 0.200. The van der Waals surface area contributed by atoms with Crippen LogP contribution in [0.1, 0.15) is 5.82 Å². The first-order valence-electron chi connectivity index (χ1n) is 5.40. The predicted octanol–water partition coefficient (Wildman–Crippen LogP) is 1.48. The second kappa shape index (κ2) is 5.96. The summed E-state index contributed by atoms with van der Waals surface area (Å²) in [6.45, 7) is 0.0979. The van der Waals surface area contributed by atoms with E-state index in [0.717, 1.165) is 0 Å². The molecular formula is C10H10Cl2N4O3S. The molecule has 10 heteroatoms. The molecule has 20 heavy (non-hydrogen) atoms. The Balaban J connectivity index is 2.12. The number of sulfonamides is 1. The van der Waals surface area contributed by atoms with Crippen molar-refractivity contribution < 1.29 is 12.9 Å². The van der Waals surface area contributed by atoms with E-state index in [1.54, 1.807) is 0 Å². The van der Waals surface area contributed by atoms with Gasteiger partial charge in [-0.05, 0) is 12.1 Å². The zero-order chi connectivity index (χ0) is 14.8. The molecule has 108 valence electrons. The van der Waals surface area contributed by atoms with Crippen molar-refractivity contribution >= 4 is 38.9 Å². The number of aromatic nitrogens is 2.